The number of carboxylic acids is 1. The standard InChI is InChI=1S/C20H19NO3S/c1-12-9-14(10-13(2)19(12)24)11-15(7-8-18(22)23)20-21-16-5-3-4-6-17(16)25-20/h3-6,9-11,24H,7-8H2,1-2H3,(H,22,23)/b15-11+. The van der Waals surface area contributed by atoms with Crippen molar-refractivity contribution in [2.75, 3.05) is 0 Å². The molecule has 4 nitrogen and oxygen atoms in total. The van der Waals surface area contributed by atoms with Crippen molar-refractivity contribution in [3.05, 3.63) is 58.1 Å². The predicted molar refractivity (Wildman–Crippen MR) is 102 cm³/mol. The summed E-state index contributed by atoms with van der Waals surface area (Å²) in [5.74, 6) is -0.533. The van der Waals surface area contributed by atoms with E-state index < -0.39 is 5.97 Å². The van der Waals surface area contributed by atoms with Crippen LogP contribution in [0.25, 0.3) is 21.9 Å². The zero-order valence-electron chi connectivity index (χ0n) is 14.1. The van der Waals surface area contributed by atoms with Crippen molar-refractivity contribution < 1.29 is 15.0 Å². The van der Waals surface area contributed by atoms with Gasteiger partial charge in [-0.25, -0.2) is 4.98 Å². The quantitative estimate of drug-likeness (QED) is 0.675. The van der Waals surface area contributed by atoms with Crippen molar-refractivity contribution in [1.82, 2.24) is 4.98 Å². The van der Waals surface area contributed by atoms with Gasteiger partial charge in [0.2, 0.25) is 0 Å². The van der Waals surface area contributed by atoms with E-state index in [-0.39, 0.29) is 6.42 Å². The molecule has 0 saturated carbocycles. The molecule has 25 heavy (non-hydrogen) atoms. The second kappa shape index (κ2) is 7.07. The molecule has 0 aliphatic heterocycles. The molecule has 0 radical (unpaired) electrons. The Bertz CT molecular complexity index is 916. The minimum absolute atomic E-state index is 0.0534. The number of aliphatic carboxylic acids is 1. The first-order chi connectivity index (χ1) is 11.9. The number of carboxylic acid groups (broad SMARTS) is 1. The van der Waals surface area contributed by atoms with E-state index in [1.54, 1.807) is 11.3 Å². The highest BCUT2D eigenvalue weighted by molar-refractivity contribution is 7.19. The Morgan fingerprint density at radius 1 is 1.16 bits per heavy atom. The summed E-state index contributed by atoms with van der Waals surface area (Å²) in [5.41, 5.74) is 4.35. The van der Waals surface area contributed by atoms with Crippen LogP contribution in [0.3, 0.4) is 0 Å². The molecule has 0 aliphatic carbocycles. The molecule has 0 spiro atoms. The van der Waals surface area contributed by atoms with Crippen LogP contribution >= 0.6 is 11.3 Å². The van der Waals surface area contributed by atoms with Gasteiger partial charge in [0.05, 0.1) is 10.2 Å². The van der Waals surface area contributed by atoms with E-state index in [1.807, 2.05) is 56.3 Å². The first kappa shape index (κ1) is 17.2. The van der Waals surface area contributed by atoms with Crippen LogP contribution in [0.4, 0.5) is 0 Å². The highest BCUT2D eigenvalue weighted by Gasteiger charge is 2.12. The van der Waals surface area contributed by atoms with Crippen LogP contribution in [0.2, 0.25) is 0 Å². The Labute approximate surface area is 150 Å². The smallest absolute Gasteiger partial charge is 0.303 e. The SMILES string of the molecule is Cc1cc(/C=C(\CCC(=O)O)c2nc3ccccc3s2)cc(C)c1O. The lowest BCUT2D eigenvalue weighted by Crippen LogP contribution is -1.95. The maximum atomic E-state index is 11.0. The lowest BCUT2D eigenvalue weighted by atomic mass is 10.0. The second-order valence-corrected chi connectivity index (χ2v) is 7.08. The number of nitrogens with zero attached hydrogens (tertiary/aromatic N) is 1. The molecular weight excluding hydrogens is 334 g/mol. The molecule has 5 heteroatoms. The van der Waals surface area contributed by atoms with Crippen LogP contribution in [-0.2, 0) is 4.79 Å². The van der Waals surface area contributed by atoms with Crippen molar-refractivity contribution in [2.45, 2.75) is 26.7 Å². The summed E-state index contributed by atoms with van der Waals surface area (Å²) in [6.45, 7) is 3.71. The fourth-order valence-electron chi connectivity index (χ4n) is 2.77. The molecule has 1 heterocycles. The molecule has 0 fully saturated rings. The Kier molecular flexibility index (Phi) is 4.86. The van der Waals surface area contributed by atoms with Gasteiger partial charge in [-0.1, -0.05) is 12.1 Å². The number of fused-ring (bicyclic) bond motifs is 1. The second-order valence-electron chi connectivity index (χ2n) is 6.05. The average molecular weight is 353 g/mol. The summed E-state index contributed by atoms with van der Waals surface area (Å²) in [5, 5.41) is 19.8. The highest BCUT2D eigenvalue weighted by atomic mass is 32.1. The van der Waals surface area contributed by atoms with Crippen LogP contribution in [0.15, 0.2) is 36.4 Å². The summed E-state index contributed by atoms with van der Waals surface area (Å²) in [7, 11) is 0. The van der Waals surface area contributed by atoms with Crippen LogP contribution in [0, 0.1) is 13.8 Å². The Morgan fingerprint density at radius 3 is 2.48 bits per heavy atom. The van der Waals surface area contributed by atoms with Gasteiger partial charge in [0.15, 0.2) is 0 Å². The highest BCUT2D eigenvalue weighted by Crippen LogP contribution is 2.32. The summed E-state index contributed by atoms with van der Waals surface area (Å²) in [6, 6.07) is 11.7. The molecule has 0 saturated heterocycles. The molecular formula is C20H19NO3S. The maximum Gasteiger partial charge on any atom is 0.303 e. The van der Waals surface area contributed by atoms with Gasteiger partial charge in [-0.05, 0) is 72.9 Å². The number of rotatable bonds is 5. The number of allylic oxidation sites excluding steroid dienone is 1. The number of hydrogen-bond acceptors (Lipinski definition) is 4. The molecule has 0 unspecified atom stereocenters. The zero-order chi connectivity index (χ0) is 18.0. The number of phenolic OH excluding ortho intramolecular Hbond substituents is 1. The number of carbonyl (C=O) groups is 1. The number of aromatic hydroxyl groups is 1. The van der Waals surface area contributed by atoms with Crippen molar-refractivity contribution in [3.8, 4) is 5.75 Å². The van der Waals surface area contributed by atoms with Gasteiger partial charge < -0.3 is 10.2 Å². The van der Waals surface area contributed by atoms with E-state index in [0.717, 1.165) is 37.5 Å². The van der Waals surface area contributed by atoms with Crippen LogP contribution < -0.4 is 0 Å². The number of thiazole rings is 1. The van der Waals surface area contributed by atoms with Gasteiger partial charge in [0.1, 0.15) is 10.8 Å². The Hall–Kier alpha value is -2.66. The third-order valence-corrected chi connectivity index (χ3v) is 5.14. The van der Waals surface area contributed by atoms with Gasteiger partial charge in [-0.2, -0.15) is 0 Å². The average Bonchev–Trinajstić information content (AvgIpc) is 3.00. The fraction of sp³-hybridized carbons (Fsp3) is 0.200. The van der Waals surface area contributed by atoms with Crippen LogP contribution in [-0.4, -0.2) is 21.2 Å². The maximum absolute atomic E-state index is 11.0. The van der Waals surface area contributed by atoms with Crippen LogP contribution in [0.5, 0.6) is 5.75 Å². The van der Waals surface area contributed by atoms with Crippen molar-refractivity contribution in [2.24, 2.45) is 0 Å². The fourth-order valence-corrected chi connectivity index (χ4v) is 3.78. The van der Waals surface area contributed by atoms with Gasteiger partial charge in [0.25, 0.3) is 0 Å². The third kappa shape index (κ3) is 3.88. The molecule has 0 aliphatic rings. The molecule has 0 bridgehead atoms. The van der Waals surface area contributed by atoms with Crippen molar-refractivity contribution in [1.29, 1.82) is 0 Å². The normalized spacial score (nSPS) is 11.8. The number of benzene rings is 2. The first-order valence-electron chi connectivity index (χ1n) is 8.02. The summed E-state index contributed by atoms with van der Waals surface area (Å²) in [4.78, 5) is 15.7. The Morgan fingerprint density at radius 2 is 1.84 bits per heavy atom. The minimum Gasteiger partial charge on any atom is -0.507 e. The molecule has 1 aromatic heterocycles. The van der Waals surface area contributed by atoms with Crippen LogP contribution in [0.1, 0.15) is 34.5 Å². The number of aromatic nitrogens is 1. The predicted octanol–water partition coefficient (Wildman–Crippen LogP) is 5.02. The van der Waals surface area contributed by atoms with Gasteiger partial charge in [-0.15, -0.1) is 11.3 Å². The molecule has 0 amide bonds. The van der Waals surface area contributed by atoms with E-state index in [1.165, 1.54) is 0 Å². The first-order valence-corrected chi connectivity index (χ1v) is 8.84. The summed E-state index contributed by atoms with van der Waals surface area (Å²) in [6.07, 6.45) is 2.44. The molecule has 128 valence electrons. The Balaban J connectivity index is 2.06. The van der Waals surface area contributed by atoms with Gasteiger partial charge in [0, 0.05) is 6.42 Å². The van der Waals surface area contributed by atoms with Crippen molar-refractivity contribution in [3.63, 3.8) is 0 Å². The van der Waals surface area contributed by atoms with E-state index in [2.05, 4.69) is 4.98 Å². The zero-order valence-corrected chi connectivity index (χ0v) is 14.9. The third-order valence-electron chi connectivity index (χ3n) is 4.03. The number of para-hydroxylation sites is 1. The molecule has 0 atom stereocenters. The van der Waals surface area contributed by atoms with E-state index in [0.29, 0.717) is 12.2 Å². The van der Waals surface area contributed by atoms with E-state index in [9.17, 15) is 9.90 Å². The minimum atomic E-state index is -0.829. The summed E-state index contributed by atoms with van der Waals surface area (Å²) >= 11 is 1.57. The lowest BCUT2D eigenvalue weighted by Gasteiger charge is -2.07. The molecule has 3 rings (SSSR count). The summed E-state index contributed by atoms with van der Waals surface area (Å²) < 4.78 is 1.08. The monoisotopic (exact) mass is 353 g/mol. The van der Waals surface area contributed by atoms with Crippen molar-refractivity contribution >= 4 is 39.2 Å². The van der Waals surface area contributed by atoms with Gasteiger partial charge >= 0.3 is 5.97 Å². The largest absolute Gasteiger partial charge is 0.507 e. The lowest BCUT2D eigenvalue weighted by molar-refractivity contribution is -0.136. The number of aryl methyl sites for hydroxylation is 2. The van der Waals surface area contributed by atoms with E-state index in [4.69, 9.17) is 5.11 Å². The topological polar surface area (TPSA) is 70.4 Å². The van der Waals surface area contributed by atoms with Gasteiger partial charge in [-0.3, -0.25) is 4.79 Å². The van der Waals surface area contributed by atoms with E-state index >= 15 is 0 Å². The molecule has 2 N–H and O–H groups in total. The number of hydrogen-bond donors (Lipinski definition) is 2. The molecule has 3 aromatic rings. The number of phenols is 1. The molecule has 2 aromatic carbocycles.